The van der Waals surface area contributed by atoms with Crippen molar-refractivity contribution in [2.45, 2.75) is 6.92 Å². The first-order valence-electron chi connectivity index (χ1n) is 6.05. The molecule has 0 bridgehead atoms. The van der Waals surface area contributed by atoms with Crippen LogP contribution in [0.25, 0.3) is 17.1 Å². The molecule has 0 atom stereocenters. The fourth-order valence-corrected chi connectivity index (χ4v) is 1.78. The van der Waals surface area contributed by atoms with E-state index in [-0.39, 0.29) is 6.01 Å². The summed E-state index contributed by atoms with van der Waals surface area (Å²) in [5, 5.41) is 4.04. The summed E-state index contributed by atoms with van der Waals surface area (Å²) in [6.45, 7) is 2.06. The molecule has 2 aromatic heterocycles. The zero-order valence-electron chi connectivity index (χ0n) is 10.7. The first-order valence-corrected chi connectivity index (χ1v) is 6.05. The second kappa shape index (κ2) is 4.69. The third kappa shape index (κ3) is 2.09. The van der Waals surface area contributed by atoms with Crippen LogP contribution >= 0.6 is 0 Å². The summed E-state index contributed by atoms with van der Waals surface area (Å²) in [5.74, 6) is -0.431. The lowest BCUT2D eigenvalue weighted by molar-refractivity contribution is 0.0526. The highest BCUT2D eigenvalue weighted by molar-refractivity contribution is 5.88. The summed E-state index contributed by atoms with van der Waals surface area (Å²) in [5.41, 5.74) is 7.86. The molecule has 0 saturated carbocycles. The van der Waals surface area contributed by atoms with Crippen molar-refractivity contribution >= 4 is 22.8 Å². The fourth-order valence-electron chi connectivity index (χ4n) is 1.78. The predicted molar refractivity (Wildman–Crippen MR) is 71.5 cm³/mol. The van der Waals surface area contributed by atoms with E-state index in [0.29, 0.717) is 29.0 Å². The largest absolute Gasteiger partial charge is 0.462 e. The molecule has 0 aliphatic heterocycles. The molecule has 0 aliphatic rings. The van der Waals surface area contributed by atoms with E-state index in [2.05, 4.69) is 10.1 Å². The predicted octanol–water partition coefficient (Wildman–Crippen LogP) is 1.77. The van der Waals surface area contributed by atoms with E-state index < -0.39 is 5.97 Å². The summed E-state index contributed by atoms with van der Waals surface area (Å²) in [4.78, 5) is 15.8. The normalized spacial score (nSPS) is 10.8. The molecular formula is C13H12N4O3. The second-order valence-electron chi connectivity index (χ2n) is 4.12. The number of hydrogen-bond donors (Lipinski definition) is 1. The van der Waals surface area contributed by atoms with Crippen LogP contribution in [-0.2, 0) is 4.74 Å². The number of oxazole rings is 1. The summed E-state index contributed by atoms with van der Waals surface area (Å²) in [6, 6.07) is 5.43. The molecule has 7 nitrogen and oxygen atoms in total. The Morgan fingerprint density at radius 1 is 1.50 bits per heavy atom. The smallest absolute Gasteiger partial charge is 0.341 e. The SMILES string of the molecule is CCOC(=O)c1cnn(-c2nc3cc(N)ccc3o2)c1. The van der Waals surface area contributed by atoms with Gasteiger partial charge >= 0.3 is 12.0 Å². The van der Waals surface area contributed by atoms with Gasteiger partial charge in [0.05, 0.1) is 24.6 Å². The zero-order chi connectivity index (χ0) is 14.1. The van der Waals surface area contributed by atoms with Gasteiger partial charge in [0.1, 0.15) is 5.52 Å². The lowest BCUT2D eigenvalue weighted by Gasteiger charge is -1.96. The molecule has 0 spiro atoms. The van der Waals surface area contributed by atoms with E-state index in [0.717, 1.165) is 0 Å². The number of rotatable bonds is 3. The number of hydrogen-bond acceptors (Lipinski definition) is 6. The molecule has 0 radical (unpaired) electrons. The Morgan fingerprint density at radius 2 is 2.35 bits per heavy atom. The van der Waals surface area contributed by atoms with Crippen molar-refractivity contribution in [2.24, 2.45) is 0 Å². The fraction of sp³-hybridized carbons (Fsp3) is 0.154. The number of nitrogen functional groups attached to an aromatic ring is 1. The van der Waals surface area contributed by atoms with Gasteiger partial charge in [-0.25, -0.2) is 4.79 Å². The molecule has 2 heterocycles. The number of esters is 1. The van der Waals surface area contributed by atoms with Crippen molar-refractivity contribution in [3.63, 3.8) is 0 Å². The molecule has 0 fully saturated rings. The van der Waals surface area contributed by atoms with E-state index in [1.165, 1.54) is 17.1 Å². The quantitative estimate of drug-likeness (QED) is 0.576. The molecule has 0 saturated heterocycles. The van der Waals surface area contributed by atoms with E-state index in [1.54, 1.807) is 25.1 Å². The van der Waals surface area contributed by atoms with Crippen LogP contribution in [0, 0.1) is 0 Å². The number of anilines is 1. The molecular weight excluding hydrogens is 260 g/mol. The van der Waals surface area contributed by atoms with Crippen LogP contribution in [0.1, 0.15) is 17.3 Å². The van der Waals surface area contributed by atoms with Gasteiger partial charge < -0.3 is 14.9 Å². The van der Waals surface area contributed by atoms with Gasteiger partial charge in [0.25, 0.3) is 0 Å². The molecule has 3 aromatic rings. The standard InChI is InChI=1S/C13H12N4O3/c1-2-19-12(18)8-6-15-17(7-8)13-16-10-5-9(14)3-4-11(10)20-13/h3-7H,2,14H2,1H3. The number of carbonyl (C=O) groups is 1. The minimum Gasteiger partial charge on any atom is -0.462 e. The lowest BCUT2D eigenvalue weighted by atomic mass is 10.3. The Balaban J connectivity index is 1.96. The van der Waals surface area contributed by atoms with Crippen molar-refractivity contribution in [2.75, 3.05) is 12.3 Å². The van der Waals surface area contributed by atoms with Gasteiger partial charge in [-0.15, -0.1) is 0 Å². The highest BCUT2D eigenvalue weighted by atomic mass is 16.5. The van der Waals surface area contributed by atoms with Crippen LogP contribution in [0.4, 0.5) is 5.69 Å². The highest BCUT2D eigenvalue weighted by Gasteiger charge is 2.13. The first-order chi connectivity index (χ1) is 9.67. The van der Waals surface area contributed by atoms with Crippen LogP contribution in [0.15, 0.2) is 35.0 Å². The van der Waals surface area contributed by atoms with E-state index in [1.807, 2.05) is 0 Å². The Hall–Kier alpha value is -2.83. The van der Waals surface area contributed by atoms with Crippen molar-refractivity contribution in [1.82, 2.24) is 14.8 Å². The van der Waals surface area contributed by atoms with Crippen LogP contribution in [0.5, 0.6) is 0 Å². The Bertz CT molecular complexity index is 775. The van der Waals surface area contributed by atoms with Crippen molar-refractivity contribution in [3.8, 4) is 6.01 Å². The van der Waals surface area contributed by atoms with E-state index >= 15 is 0 Å². The van der Waals surface area contributed by atoms with Crippen molar-refractivity contribution in [1.29, 1.82) is 0 Å². The van der Waals surface area contributed by atoms with Crippen molar-refractivity contribution in [3.05, 3.63) is 36.2 Å². The zero-order valence-corrected chi connectivity index (χ0v) is 10.7. The van der Waals surface area contributed by atoms with Gasteiger partial charge in [0.15, 0.2) is 5.58 Å². The van der Waals surface area contributed by atoms with Crippen LogP contribution in [-0.4, -0.2) is 27.3 Å². The van der Waals surface area contributed by atoms with E-state index in [9.17, 15) is 4.79 Å². The summed E-state index contributed by atoms with van der Waals surface area (Å²) < 4.78 is 11.8. The Morgan fingerprint density at radius 3 is 3.15 bits per heavy atom. The topological polar surface area (TPSA) is 96.2 Å². The third-order valence-electron chi connectivity index (χ3n) is 2.69. The number of carbonyl (C=O) groups excluding carboxylic acids is 1. The number of nitrogens with two attached hydrogens (primary N) is 1. The van der Waals surface area contributed by atoms with Crippen LogP contribution in [0.3, 0.4) is 0 Å². The Labute approximate surface area is 114 Å². The minimum absolute atomic E-state index is 0.265. The van der Waals surface area contributed by atoms with Gasteiger partial charge in [-0.2, -0.15) is 14.8 Å². The molecule has 20 heavy (non-hydrogen) atoms. The average Bonchev–Trinajstić information content (AvgIpc) is 3.04. The van der Waals surface area contributed by atoms with Gasteiger partial charge in [-0.1, -0.05) is 0 Å². The molecule has 2 N–H and O–H groups in total. The molecule has 0 unspecified atom stereocenters. The first kappa shape index (κ1) is 12.2. The van der Waals surface area contributed by atoms with Crippen molar-refractivity contribution < 1.29 is 13.9 Å². The average molecular weight is 272 g/mol. The maximum absolute atomic E-state index is 11.6. The van der Waals surface area contributed by atoms with Gasteiger partial charge in [-0.3, -0.25) is 0 Å². The molecule has 1 aromatic carbocycles. The molecule has 102 valence electrons. The number of nitrogens with zero attached hydrogens (tertiary/aromatic N) is 3. The molecule has 0 aliphatic carbocycles. The van der Waals surface area contributed by atoms with E-state index in [4.69, 9.17) is 14.9 Å². The van der Waals surface area contributed by atoms with Gasteiger partial charge in [-0.05, 0) is 25.1 Å². The third-order valence-corrected chi connectivity index (χ3v) is 2.69. The molecule has 7 heteroatoms. The highest BCUT2D eigenvalue weighted by Crippen LogP contribution is 2.20. The summed E-state index contributed by atoms with van der Waals surface area (Å²) in [6.07, 6.45) is 2.91. The number of benzene rings is 1. The van der Waals surface area contributed by atoms with Crippen LogP contribution in [0.2, 0.25) is 0 Å². The summed E-state index contributed by atoms with van der Waals surface area (Å²) >= 11 is 0. The van der Waals surface area contributed by atoms with Gasteiger partial charge in [0, 0.05) is 5.69 Å². The number of fused-ring (bicyclic) bond motifs is 1. The summed E-state index contributed by atoms with van der Waals surface area (Å²) in [7, 11) is 0. The number of ether oxygens (including phenoxy) is 1. The second-order valence-corrected chi connectivity index (χ2v) is 4.12. The monoisotopic (exact) mass is 272 g/mol. The maximum Gasteiger partial charge on any atom is 0.341 e. The Kier molecular flexibility index (Phi) is 2.86. The van der Waals surface area contributed by atoms with Crippen LogP contribution < -0.4 is 5.73 Å². The minimum atomic E-state index is -0.431. The molecule has 0 amide bonds. The lowest BCUT2D eigenvalue weighted by Crippen LogP contribution is -2.03. The maximum atomic E-state index is 11.6. The molecule has 3 rings (SSSR count). The number of aromatic nitrogens is 3. The van der Waals surface area contributed by atoms with Gasteiger partial charge in [0.2, 0.25) is 0 Å².